The van der Waals surface area contributed by atoms with Gasteiger partial charge in [-0.1, -0.05) is 0 Å². The van der Waals surface area contributed by atoms with Gasteiger partial charge in [0.05, 0.1) is 0 Å². The molecule has 1 radical (unpaired) electrons. The highest BCUT2D eigenvalue weighted by Crippen LogP contribution is 1.93. The Bertz CT molecular complexity index is 217. The number of aryl methyl sites for hydroxylation is 1. The summed E-state index contributed by atoms with van der Waals surface area (Å²) < 4.78 is 1.72. The summed E-state index contributed by atoms with van der Waals surface area (Å²) in [7, 11) is 1.81. The van der Waals surface area contributed by atoms with E-state index in [2.05, 4.69) is 6.07 Å². The maximum Gasteiger partial charge on any atom is 0.127 e. The molecule has 0 fully saturated rings. The average molecular weight is 105 g/mol. The van der Waals surface area contributed by atoms with Crippen molar-refractivity contribution in [2.75, 3.05) is 0 Å². The van der Waals surface area contributed by atoms with Gasteiger partial charge >= 0.3 is 0 Å². The SMILES string of the molecule is Cn1cc[c]c1C#N. The van der Waals surface area contributed by atoms with Crippen LogP contribution in [-0.4, -0.2) is 4.57 Å². The first-order valence-corrected chi connectivity index (χ1v) is 2.27. The molecule has 0 unspecified atom stereocenters. The lowest BCUT2D eigenvalue weighted by Crippen LogP contribution is -1.86. The number of hydrogen-bond donors (Lipinski definition) is 0. The van der Waals surface area contributed by atoms with Crippen LogP contribution in [0.4, 0.5) is 0 Å². The molecule has 0 aromatic carbocycles. The van der Waals surface area contributed by atoms with E-state index >= 15 is 0 Å². The molecular formula is C6H5N2. The largest absolute Gasteiger partial charge is 0.342 e. The number of nitrogens with zero attached hydrogens (tertiary/aromatic N) is 2. The molecule has 1 rings (SSSR count). The van der Waals surface area contributed by atoms with Crippen LogP contribution < -0.4 is 0 Å². The number of rotatable bonds is 0. The van der Waals surface area contributed by atoms with E-state index < -0.39 is 0 Å². The number of aromatic nitrogens is 1. The second-order valence-corrected chi connectivity index (χ2v) is 1.53. The molecule has 1 aromatic rings. The van der Waals surface area contributed by atoms with Gasteiger partial charge in [0, 0.05) is 19.3 Å². The lowest BCUT2D eigenvalue weighted by atomic mass is 10.5. The minimum atomic E-state index is 0.574. The van der Waals surface area contributed by atoms with Crippen molar-refractivity contribution < 1.29 is 0 Å². The molecule has 0 bridgehead atoms. The highest BCUT2D eigenvalue weighted by atomic mass is 14.9. The van der Waals surface area contributed by atoms with Crippen LogP contribution in [0.5, 0.6) is 0 Å². The molecular weight excluding hydrogens is 100 g/mol. The van der Waals surface area contributed by atoms with E-state index in [9.17, 15) is 0 Å². The molecule has 0 amide bonds. The molecule has 0 aliphatic carbocycles. The maximum absolute atomic E-state index is 8.31. The van der Waals surface area contributed by atoms with Crippen molar-refractivity contribution in [2.24, 2.45) is 7.05 Å². The third-order valence-electron chi connectivity index (χ3n) is 0.977. The summed E-state index contributed by atoms with van der Waals surface area (Å²) in [6.07, 6.45) is 1.79. The van der Waals surface area contributed by atoms with Crippen LogP contribution in [0, 0.1) is 17.4 Å². The predicted molar refractivity (Wildman–Crippen MR) is 29.0 cm³/mol. The Hall–Kier alpha value is -1.23. The highest BCUT2D eigenvalue weighted by Gasteiger charge is 1.89. The second kappa shape index (κ2) is 1.71. The molecule has 0 aliphatic heterocycles. The average Bonchev–Trinajstić information content (AvgIpc) is 2.14. The molecule has 0 atom stereocenters. The van der Waals surface area contributed by atoms with E-state index in [1.165, 1.54) is 0 Å². The van der Waals surface area contributed by atoms with E-state index in [1.54, 1.807) is 16.8 Å². The van der Waals surface area contributed by atoms with Gasteiger partial charge in [-0.2, -0.15) is 5.26 Å². The standard InChI is InChI=1S/C6H5N2/c1-8-4-2-3-6(8)5-7/h2,4H,1H3. The van der Waals surface area contributed by atoms with Crippen molar-refractivity contribution in [3.63, 3.8) is 0 Å². The smallest absolute Gasteiger partial charge is 0.127 e. The van der Waals surface area contributed by atoms with Crippen LogP contribution in [-0.2, 0) is 7.05 Å². The van der Waals surface area contributed by atoms with Gasteiger partial charge in [0.1, 0.15) is 11.8 Å². The minimum Gasteiger partial charge on any atom is -0.342 e. The van der Waals surface area contributed by atoms with Crippen molar-refractivity contribution in [2.45, 2.75) is 0 Å². The summed E-state index contributed by atoms with van der Waals surface area (Å²) >= 11 is 0. The molecule has 0 spiro atoms. The maximum atomic E-state index is 8.31. The fraction of sp³-hybridized carbons (Fsp3) is 0.167. The van der Waals surface area contributed by atoms with Gasteiger partial charge in [-0.25, -0.2) is 0 Å². The van der Waals surface area contributed by atoms with E-state index in [1.807, 2.05) is 13.1 Å². The summed E-state index contributed by atoms with van der Waals surface area (Å²) in [6, 6.07) is 6.46. The normalized spacial score (nSPS) is 8.50. The lowest BCUT2D eigenvalue weighted by molar-refractivity contribution is 0.907. The topological polar surface area (TPSA) is 28.7 Å². The first kappa shape index (κ1) is 4.92. The van der Waals surface area contributed by atoms with E-state index in [0.717, 1.165) is 0 Å². The molecule has 1 heterocycles. The molecule has 0 saturated heterocycles. The first-order valence-electron chi connectivity index (χ1n) is 2.27. The molecule has 2 heteroatoms. The van der Waals surface area contributed by atoms with Crippen LogP contribution in [0.2, 0.25) is 0 Å². The number of hydrogen-bond acceptors (Lipinski definition) is 1. The fourth-order valence-corrected chi connectivity index (χ4v) is 0.516. The molecule has 39 valence electrons. The van der Waals surface area contributed by atoms with E-state index in [-0.39, 0.29) is 0 Å². The Morgan fingerprint density at radius 1 is 1.88 bits per heavy atom. The Balaban J connectivity index is 3.15. The summed E-state index contributed by atoms with van der Waals surface area (Å²) in [5, 5.41) is 8.31. The van der Waals surface area contributed by atoms with Crippen LogP contribution in [0.15, 0.2) is 12.3 Å². The Kier molecular flexibility index (Phi) is 1.05. The zero-order valence-electron chi connectivity index (χ0n) is 4.55. The first-order chi connectivity index (χ1) is 3.84. The van der Waals surface area contributed by atoms with Gasteiger partial charge in [0.2, 0.25) is 0 Å². The van der Waals surface area contributed by atoms with Crippen LogP contribution in [0.3, 0.4) is 0 Å². The number of nitriles is 1. The van der Waals surface area contributed by atoms with Crippen molar-refractivity contribution in [1.82, 2.24) is 4.57 Å². The van der Waals surface area contributed by atoms with Crippen molar-refractivity contribution in [1.29, 1.82) is 5.26 Å². The Morgan fingerprint density at radius 3 is 2.88 bits per heavy atom. The minimum absolute atomic E-state index is 0.574. The summed E-state index contributed by atoms with van der Waals surface area (Å²) in [6.45, 7) is 0. The van der Waals surface area contributed by atoms with E-state index in [0.29, 0.717) is 5.69 Å². The quantitative estimate of drug-likeness (QED) is 0.477. The van der Waals surface area contributed by atoms with Crippen molar-refractivity contribution >= 4 is 0 Å². The van der Waals surface area contributed by atoms with Gasteiger partial charge in [-0.05, 0) is 6.07 Å². The van der Waals surface area contributed by atoms with Crippen LogP contribution >= 0.6 is 0 Å². The van der Waals surface area contributed by atoms with Crippen LogP contribution in [0.25, 0.3) is 0 Å². The molecule has 8 heavy (non-hydrogen) atoms. The second-order valence-electron chi connectivity index (χ2n) is 1.53. The molecule has 0 N–H and O–H groups in total. The zero-order valence-corrected chi connectivity index (χ0v) is 4.55. The zero-order chi connectivity index (χ0) is 5.98. The summed E-state index contributed by atoms with van der Waals surface area (Å²) in [5.74, 6) is 0. The van der Waals surface area contributed by atoms with Gasteiger partial charge in [-0.3, -0.25) is 0 Å². The lowest BCUT2D eigenvalue weighted by Gasteiger charge is -1.86. The van der Waals surface area contributed by atoms with Gasteiger partial charge in [-0.15, -0.1) is 0 Å². The van der Waals surface area contributed by atoms with Gasteiger partial charge in [0.15, 0.2) is 0 Å². The fourth-order valence-electron chi connectivity index (χ4n) is 0.516. The highest BCUT2D eigenvalue weighted by molar-refractivity contribution is 5.19. The molecule has 2 nitrogen and oxygen atoms in total. The third kappa shape index (κ3) is 0.584. The van der Waals surface area contributed by atoms with Crippen molar-refractivity contribution in [3.8, 4) is 6.07 Å². The monoisotopic (exact) mass is 105 g/mol. The van der Waals surface area contributed by atoms with Gasteiger partial charge in [0.25, 0.3) is 0 Å². The Labute approximate surface area is 48.0 Å². The van der Waals surface area contributed by atoms with Gasteiger partial charge < -0.3 is 4.57 Å². The summed E-state index contributed by atoms with van der Waals surface area (Å²) in [5.41, 5.74) is 0.574. The van der Waals surface area contributed by atoms with Crippen LogP contribution in [0.1, 0.15) is 5.69 Å². The molecule has 1 aromatic heterocycles. The molecule has 0 aliphatic rings. The molecule has 0 saturated carbocycles. The Morgan fingerprint density at radius 2 is 2.62 bits per heavy atom. The van der Waals surface area contributed by atoms with Crippen molar-refractivity contribution in [3.05, 3.63) is 24.0 Å². The summed E-state index contributed by atoms with van der Waals surface area (Å²) in [4.78, 5) is 0. The predicted octanol–water partition coefficient (Wildman–Crippen LogP) is 0.697. The third-order valence-corrected chi connectivity index (χ3v) is 0.977. The van der Waals surface area contributed by atoms with E-state index in [4.69, 9.17) is 5.26 Å².